The second-order valence-electron chi connectivity index (χ2n) is 4.79. The van der Waals surface area contributed by atoms with Gasteiger partial charge in [-0.1, -0.05) is 0 Å². The van der Waals surface area contributed by atoms with Gasteiger partial charge < -0.3 is 10.4 Å². The first-order valence-electron chi connectivity index (χ1n) is 6.01. The topological polar surface area (TPSA) is 84.2 Å². The molecule has 2 N–H and O–H groups in total. The summed E-state index contributed by atoms with van der Waals surface area (Å²) in [6.07, 6.45) is 3.41. The lowest BCUT2D eigenvalue weighted by Crippen LogP contribution is -2.33. The summed E-state index contributed by atoms with van der Waals surface area (Å²) in [7, 11) is 1.78. The molecule has 6 heteroatoms. The molecule has 1 aliphatic rings. The van der Waals surface area contributed by atoms with Gasteiger partial charge in [-0.15, -0.1) is 0 Å². The van der Waals surface area contributed by atoms with Crippen LogP contribution in [0.15, 0.2) is 6.20 Å². The molecule has 0 spiro atoms. The van der Waals surface area contributed by atoms with Gasteiger partial charge in [0, 0.05) is 18.8 Å². The van der Waals surface area contributed by atoms with Crippen LogP contribution in [0.25, 0.3) is 0 Å². The molecule has 0 aromatic carbocycles. The third-order valence-electron chi connectivity index (χ3n) is 3.60. The third kappa shape index (κ3) is 2.37. The van der Waals surface area contributed by atoms with E-state index in [9.17, 15) is 9.59 Å². The number of aliphatic carboxylic acids is 1. The molecule has 18 heavy (non-hydrogen) atoms. The Labute approximate surface area is 105 Å². The van der Waals surface area contributed by atoms with Crippen molar-refractivity contribution in [2.45, 2.75) is 32.2 Å². The number of carbonyl (C=O) groups is 2. The molecule has 1 amide bonds. The van der Waals surface area contributed by atoms with E-state index in [-0.39, 0.29) is 17.9 Å². The van der Waals surface area contributed by atoms with Crippen molar-refractivity contribution in [3.8, 4) is 0 Å². The van der Waals surface area contributed by atoms with Crippen LogP contribution in [0.4, 0.5) is 0 Å². The van der Waals surface area contributed by atoms with Crippen LogP contribution in [0, 0.1) is 12.8 Å². The Morgan fingerprint density at radius 3 is 2.72 bits per heavy atom. The van der Waals surface area contributed by atoms with Crippen LogP contribution >= 0.6 is 0 Å². The number of aromatic nitrogens is 2. The van der Waals surface area contributed by atoms with E-state index in [1.54, 1.807) is 11.7 Å². The van der Waals surface area contributed by atoms with Crippen LogP contribution in [-0.4, -0.2) is 32.8 Å². The molecule has 2 rings (SSSR count). The van der Waals surface area contributed by atoms with Crippen molar-refractivity contribution in [2.24, 2.45) is 13.0 Å². The number of hydrogen-bond acceptors (Lipinski definition) is 3. The van der Waals surface area contributed by atoms with Gasteiger partial charge in [-0.2, -0.15) is 5.10 Å². The predicted molar refractivity (Wildman–Crippen MR) is 64.2 cm³/mol. The maximum atomic E-state index is 12.0. The van der Waals surface area contributed by atoms with Crippen molar-refractivity contribution >= 4 is 11.9 Å². The van der Waals surface area contributed by atoms with Crippen molar-refractivity contribution in [2.75, 3.05) is 0 Å². The molecule has 1 aliphatic carbocycles. The van der Waals surface area contributed by atoms with Crippen molar-refractivity contribution < 1.29 is 14.7 Å². The van der Waals surface area contributed by atoms with Crippen molar-refractivity contribution in [3.63, 3.8) is 0 Å². The third-order valence-corrected chi connectivity index (χ3v) is 3.60. The highest BCUT2D eigenvalue weighted by Crippen LogP contribution is 2.25. The smallest absolute Gasteiger partial charge is 0.306 e. The van der Waals surface area contributed by atoms with E-state index in [0.29, 0.717) is 18.4 Å². The van der Waals surface area contributed by atoms with Gasteiger partial charge in [-0.25, -0.2) is 0 Å². The van der Waals surface area contributed by atoms with E-state index in [4.69, 9.17) is 5.11 Å². The molecule has 1 aromatic rings. The molecular weight excluding hydrogens is 234 g/mol. The highest BCUT2D eigenvalue weighted by molar-refractivity contribution is 5.95. The van der Waals surface area contributed by atoms with E-state index in [2.05, 4.69) is 10.4 Å². The lowest BCUT2D eigenvalue weighted by molar-refractivity contribution is -0.141. The Morgan fingerprint density at radius 1 is 1.50 bits per heavy atom. The minimum absolute atomic E-state index is 0.0433. The maximum absolute atomic E-state index is 12.0. The summed E-state index contributed by atoms with van der Waals surface area (Å²) in [5.41, 5.74) is 1.36. The van der Waals surface area contributed by atoms with Crippen LogP contribution in [0.3, 0.4) is 0 Å². The number of aryl methyl sites for hydroxylation is 1. The van der Waals surface area contributed by atoms with Gasteiger partial charge in [-0.05, 0) is 26.2 Å². The van der Waals surface area contributed by atoms with Gasteiger partial charge in [0.2, 0.25) is 0 Å². The average molecular weight is 251 g/mol. The molecule has 6 nitrogen and oxygen atoms in total. The van der Waals surface area contributed by atoms with Gasteiger partial charge in [0.1, 0.15) is 0 Å². The fourth-order valence-corrected chi connectivity index (χ4v) is 2.32. The van der Waals surface area contributed by atoms with Crippen LogP contribution < -0.4 is 5.32 Å². The summed E-state index contributed by atoms with van der Waals surface area (Å²) in [5.74, 6) is -1.27. The SMILES string of the molecule is Cc1c(C(=O)NC2CCC(C(=O)O)C2)cnn1C. The van der Waals surface area contributed by atoms with E-state index in [0.717, 1.165) is 12.1 Å². The number of rotatable bonds is 3. The second kappa shape index (κ2) is 4.80. The lowest BCUT2D eigenvalue weighted by Gasteiger charge is -2.12. The number of carboxylic acids is 1. The minimum Gasteiger partial charge on any atom is -0.481 e. The molecule has 2 atom stereocenters. The fourth-order valence-electron chi connectivity index (χ4n) is 2.32. The van der Waals surface area contributed by atoms with Gasteiger partial charge >= 0.3 is 5.97 Å². The Bertz CT molecular complexity index is 481. The minimum atomic E-state index is -0.774. The number of carbonyl (C=O) groups excluding carboxylic acids is 1. The normalized spacial score (nSPS) is 23.0. The highest BCUT2D eigenvalue weighted by Gasteiger charge is 2.31. The summed E-state index contributed by atoms with van der Waals surface area (Å²) in [4.78, 5) is 22.8. The molecule has 0 radical (unpaired) electrons. The van der Waals surface area contributed by atoms with Gasteiger partial charge in [0.05, 0.1) is 17.7 Å². The van der Waals surface area contributed by atoms with Crippen LogP contribution in [0.2, 0.25) is 0 Å². The molecule has 1 heterocycles. The lowest BCUT2D eigenvalue weighted by atomic mass is 10.1. The summed E-state index contributed by atoms with van der Waals surface area (Å²) in [6, 6.07) is -0.0433. The zero-order chi connectivity index (χ0) is 13.3. The van der Waals surface area contributed by atoms with E-state index >= 15 is 0 Å². The molecule has 0 aliphatic heterocycles. The first kappa shape index (κ1) is 12.6. The standard InChI is InChI=1S/C12H17N3O3/c1-7-10(6-13-15(7)2)11(16)14-9-4-3-8(5-9)12(17)18/h6,8-9H,3-5H2,1-2H3,(H,14,16)(H,17,18). The fraction of sp³-hybridized carbons (Fsp3) is 0.583. The molecule has 1 aromatic heterocycles. The Morgan fingerprint density at radius 2 is 2.22 bits per heavy atom. The first-order valence-corrected chi connectivity index (χ1v) is 6.01. The summed E-state index contributed by atoms with van der Waals surface area (Å²) in [6.45, 7) is 1.83. The Balaban J connectivity index is 1.97. The number of amides is 1. The van der Waals surface area contributed by atoms with Crippen molar-refractivity contribution in [1.82, 2.24) is 15.1 Å². The van der Waals surface area contributed by atoms with Crippen molar-refractivity contribution in [3.05, 3.63) is 17.5 Å². The molecular formula is C12H17N3O3. The quantitative estimate of drug-likeness (QED) is 0.828. The molecule has 1 saturated carbocycles. The second-order valence-corrected chi connectivity index (χ2v) is 4.79. The zero-order valence-corrected chi connectivity index (χ0v) is 10.5. The summed E-state index contributed by atoms with van der Waals surface area (Å²) < 4.78 is 1.64. The van der Waals surface area contributed by atoms with E-state index in [1.807, 2.05) is 6.92 Å². The maximum Gasteiger partial charge on any atom is 0.306 e. The van der Waals surface area contributed by atoms with E-state index < -0.39 is 5.97 Å². The number of carboxylic acid groups (broad SMARTS) is 1. The first-order chi connectivity index (χ1) is 8.49. The Hall–Kier alpha value is -1.85. The monoisotopic (exact) mass is 251 g/mol. The average Bonchev–Trinajstić information content (AvgIpc) is 2.88. The highest BCUT2D eigenvalue weighted by atomic mass is 16.4. The van der Waals surface area contributed by atoms with E-state index in [1.165, 1.54) is 6.20 Å². The van der Waals surface area contributed by atoms with Gasteiger partial charge in [-0.3, -0.25) is 14.3 Å². The number of nitrogens with zero attached hydrogens (tertiary/aromatic N) is 2. The van der Waals surface area contributed by atoms with Gasteiger partial charge in [0.25, 0.3) is 5.91 Å². The molecule has 98 valence electrons. The molecule has 2 unspecified atom stereocenters. The zero-order valence-electron chi connectivity index (χ0n) is 10.5. The largest absolute Gasteiger partial charge is 0.481 e. The number of nitrogens with one attached hydrogen (secondary N) is 1. The molecule has 0 saturated heterocycles. The Kier molecular flexibility index (Phi) is 3.36. The summed E-state index contributed by atoms with van der Waals surface area (Å²) >= 11 is 0. The molecule has 0 bridgehead atoms. The molecule has 1 fully saturated rings. The van der Waals surface area contributed by atoms with Crippen LogP contribution in [-0.2, 0) is 11.8 Å². The van der Waals surface area contributed by atoms with Crippen LogP contribution in [0.5, 0.6) is 0 Å². The number of hydrogen-bond donors (Lipinski definition) is 2. The van der Waals surface area contributed by atoms with Crippen molar-refractivity contribution in [1.29, 1.82) is 0 Å². The summed E-state index contributed by atoms with van der Waals surface area (Å²) in [5, 5.41) is 15.8. The predicted octanol–water partition coefficient (Wildman–Crippen LogP) is 0.712. The van der Waals surface area contributed by atoms with Gasteiger partial charge in [0.15, 0.2) is 0 Å². The van der Waals surface area contributed by atoms with Crippen LogP contribution in [0.1, 0.15) is 35.3 Å².